The molecule has 25 heavy (non-hydrogen) atoms. The molecule has 4 rings (SSSR count). The van der Waals surface area contributed by atoms with Crippen LogP contribution < -0.4 is 10.2 Å². The van der Waals surface area contributed by atoms with Crippen molar-refractivity contribution in [2.75, 3.05) is 23.3 Å². The molecule has 0 saturated carbocycles. The summed E-state index contributed by atoms with van der Waals surface area (Å²) in [5, 5.41) is 8.06. The Kier molecular flexibility index (Phi) is 4.50. The number of nitrogens with one attached hydrogen (secondary N) is 1. The summed E-state index contributed by atoms with van der Waals surface area (Å²) < 4.78 is 1.92. The highest BCUT2D eigenvalue weighted by atomic mass is 15.3. The van der Waals surface area contributed by atoms with E-state index in [1.54, 1.807) is 6.20 Å². The Labute approximate surface area is 147 Å². The number of rotatable bonds is 5. The molecule has 1 fully saturated rings. The van der Waals surface area contributed by atoms with E-state index in [1.807, 2.05) is 23.0 Å². The van der Waals surface area contributed by atoms with Crippen molar-refractivity contribution < 1.29 is 0 Å². The van der Waals surface area contributed by atoms with E-state index in [-0.39, 0.29) is 0 Å². The third-order valence-electron chi connectivity index (χ3n) is 4.79. The predicted molar refractivity (Wildman–Crippen MR) is 100.0 cm³/mol. The third-order valence-corrected chi connectivity index (χ3v) is 4.79. The molecule has 0 aliphatic carbocycles. The molecule has 0 radical (unpaired) electrons. The Morgan fingerprint density at radius 1 is 1.16 bits per heavy atom. The van der Waals surface area contributed by atoms with Crippen LogP contribution in [0.15, 0.2) is 36.8 Å². The molecule has 4 heterocycles. The van der Waals surface area contributed by atoms with Gasteiger partial charge >= 0.3 is 0 Å². The van der Waals surface area contributed by atoms with E-state index in [0.29, 0.717) is 6.54 Å². The molecule has 1 aliphatic heterocycles. The minimum absolute atomic E-state index is 0.716. The van der Waals surface area contributed by atoms with Crippen LogP contribution in [0.4, 0.5) is 11.6 Å². The van der Waals surface area contributed by atoms with Crippen LogP contribution in [0.3, 0.4) is 0 Å². The lowest BCUT2D eigenvalue weighted by molar-refractivity contribution is 0.573. The Morgan fingerprint density at radius 2 is 2.04 bits per heavy atom. The summed E-state index contributed by atoms with van der Waals surface area (Å²) >= 11 is 0. The fourth-order valence-corrected chi connectivity index (χ4v) is 3.35. The maximum atomic E-state index is 4.92. The topological polar surface area (TPSA) is 58.4 Å². The monoisotopic (exact) mass is 336 g/mol. The number of hydrogen-bond donors (Lipinski definition) is 1. The first-order valence-corrected chi connectivity index (χ1v) is 9.10. The van der Waals surface area contributed by atoms with Crippen LogP contribution in [0.1, 0.15) is 37.3 Å². The van der Waals surface area contributed by atoms with Gasteiger partial charge in [-0.05, 0) is 37.3 Å². The first kappa shape index (κ1) is 15.9. The molecule has 0 aromatic carbocycles. The predicted octanol–water partition coefficient (Wildman–Crippen LogP) is 3.29. The fraction of sp³-hybridized carbons (Fsp3) is 0.421. The van der Waals surface area contributed by atoms with Crippen LogP contribution in [0.2, 0.25) is 0 Å². The first-order chi connectivity index (χ1) is 12.3. The second kappa shape index (κ2) is 7.09. The lowest BCUT2D eigenvalue weighted by Gasteiger charge is -2.28. The standard InChI is InChI=1S/C19H24N6/c1-2-16-14-22-25-17(21-13-15-7-6-8-20-12-15)11-18(23-19(16)25)24-9-4-3-5-10-24/h6-8,11-12,14,21H,2-5,9-10,13H2,1H3. The molecule has 6 nitrogen and oxygen atoms in total. The van der Waals surface area contributed by atoms with Gasteiger partial charge in [-0.15, -0.1) is 0 Å². The molecule has 0 atom stereocenters. The van der Waals surface area contributed by atoms with Crippen LogP contribution in [-0.4, -0.2) is 32.7 Å². The van der Waals surface area contributed by atoms with Crippen molar-refractivity contribution in [1.82, 2.24) is 19.6 Å². The second-order valence-corrected chi connectivity index (χ2v) is 6.52. The van der Waals surface area contributed by atoms with E-state index in [2.05, 4.69) is 39.4 Å². The Morgan fingerprint density at radius 3 is 2.80 bits per heavy atom. The number of aromatic nitrogens is 4. The second-order valence-electron chi connectivity index (χ2n) is 6.52. The molecular weight excluding hydrogens is 312 g/mol. The number of piperidine rings is 1. The normalized spacial score (nSPS) is 14.8. The van der Waals surface area contributed by atoms with Crippen LogP contribution in [0.5, 0.6) is 0 Å². The molecule has 3 aromatic heterocycles. The van der Waals surface area contributed by atoms with Gasteiger partial charge in [-0.25, -0.2) is 4.98 Å². The first-order valence-electron chi connectivity index (χ1n) is 9.10. The van der Waals surface area contributed by atoms with Crippen molar-refractivity contribution >= 4 is 17.3 Å². The van der Waals surface area contributed by atoms with Gasteiger partial charge in [0.05, 0.1) is 6.20 Å². The van der Waals surface area contributed by atoms with Gasteiger partial charge in [0.15, 0.2) is 5.65 Å². The highest BCUT2D eigenvalue weighted by molar-refractivity contribution is 5.61. The van der Waals surface area contributed by atoms with Gasteiger partial charge in [0.2, 0.25) is 0 Å². The van der Waals surface area contributed by atoms with E-state index in [9.17, 15) is 0 Å². The van der Waals surface area contributed by atoms with Crippen LogP contribution >= 0.6 is 0 Å². The summed E-state index contributed by atoms with van der Waals surface area (Å²) in [4.78, 5) is 11.5. The molecule has 0 unspecified atom stereocenters. The zero-order valence-electron chi connectivity index (χ0n) is 14.6. The van der Waals surface area contributed by atoms with Gasteiger partial charge in [0.25, 0.3) is 0 Å². The molecular formula is C19H24N6. The molecule has 0 amide bonds. The lowest BCUT2D eigenvalue weighted by atomic mass is 10.1. The minimum atomic E-state index is 0.716. The Hall–Kier alpha value is -2.63. The van der Waals surface area contributed by atoms with Crippen molar-refractivity contribution in [3.63, 3.8) is 0 Å². The maximum Gasteiger partial charge on any atom is 0.162 e. The zero-order valence-corrected chi connectivity index (χ0v) is 14.6. The summed E-state index contributed by atoms with van der Waals surface area (Å²) in [5.41, 5.74) is 3.29. The number of pyridine rings is 1. The summed E-state index contributed by atoms with van der Waals surface area (Å²) in [5.74, 6) is 2.03. The summed E-state index contributed by atoms with van der Waals surface area (Å²) in [7, 11) is 0. The highest BCUT2D eigenvalue weighted by Crippen LogP contribution is 2.24. The Bertz CT molecular complexity index is 836. The van der Waals surface area contributed by atoms with E-state index in [1.165, 1.54) is 24.8 Å². The SMILES string of the molecule is CCc1cnn2c(NCc3cccnc3)cc(N3CCCCC3)nc12. The number of anilines is 2. The van der Waals surface area contributed by atoms with E-state index < -0.39 is 0 Å². The van der Waals surface area contributed by atoms with Crippen LogP contribution in [0, 0.1) is 0 Å². The van der Waals surface area contributed by atoms with Crippen molar-refractivity contribution in [1.29, 1.82) is 0 Å². The van der Waals surface area contributed by atoms with Crippen molar-refractivity contribution in [2.45, 2.75) is 39.2 Å². The number of hydrogen-bond acceptors (Lipinski definition) is 5. The van der Waals surface area contributed by atoms with Gasteiger partial charge in [0, 0.05) is 43.7 Å². The molecule has 0 spiro atoms. The number of nitrogens with zero attached hydrogens (tertiary/aromatic N) is 5. The average molecular weight is 336 g/mol. The van der Waals surface area contributed by atoms with Crippen molar-refractivity contribution in [3.8, 4) is 0 Å². The quantitative estimate of drug-likeness (QED) is 0.775. The van der Waals surface area contributed by atoms with Crippen molar-refractivity contribution in [2.24, 2.45) is 0 Å². The summed E-state index contributed by atoms with van der Waals surface area (Å²) in [6.45, 7) is 5.03. The minimum Gasteiger partial charge on any atom is -0.366 e. The van der Waals surface area contributed by atoms with Gasteiger partial charge < -0.3 is 10.2 Å². The fourth-order valence-electron chi connectivity index (χ4n) is 3.35. The average Bonchev–Trinajstić information content (AvgIpc) is 3.11. The highest BCUT2D eigenvalue weighted by Gasteiger charge is 2.16. The number of aryl methyl sites for hydroxylation is 1. The lowest BCUT2D eigenvalue weighted by Crippen LogP contribution is -2.30. The van der Waals surface area contributed by atoms with Crippen molar-refractivity contribution in [3.05, 3.63) is 47.9 Å². The van der Waals surface area contributed by atoms with Gasteiger partial charge in [-0.1, -0.05) is 13.0 Å². The van der Waals surface area contributed by atoms with E-state index in [0.717, 1.165) is 42.4 Å². The van der Waals surface area contributed by atoms with Crippen LogP contribution in [0.25, 0.3) is 5.65 Å². The molecule has 1 aliphatic rings. The van der Waals surface area contributed by atoms with Gasteiger partial charge in [-0.3, -0.25) is 4.98 Å². The Balaban J connectivity index is 1.69. The van der Waals surface area contributed by atoms with E-state index in [4.69, 9.17) is 4.98 Å². The molecule has 1 N–H and O–H groups in total. The molecule has 0 bridgehead atoms. The molecule has 130 valence electrons. The molecule has 1 saturated heterocycles. The smallest absolute Gasteiger partial charge is 0.162 e. The zero-order chi connectivity index (χ0) is 17.1. The van der Waals surface area contributed by atoms with E-state index >= 15 is 0 Å². The largest absolute Gasteiger partial charge is 0.366 e. The van der Waals surface area contributed by atoms with Gasteiger partial charge in [0.1, 0.15) is 11.6 Å². The maximum absolute atomic E-state index is 4.92. The molecule has 6 heteroatoms. The summed E-state index contributed by atoms with van der Waals surface area (Å²) in [6, 6.07) is 6.16. The third kappa shape index (κ3) is 3.29. The number of fused-ring (bicyclic) bond motifs is 1. The summed E-state index contributed by atoms with van der Waals surface area (Å²) in [6.07, 6.45) is 10.3. The van der Waals surface area contributed by atoms with Crippen LogP contribution in [-0.2, 0) is 13.0 Å². The van der Waals surface area contributed by atoms with Gasteiger partial charge in [-0.2, -0.15) is 9.61 Å². The molecule has 3 aromatic rings.